The van der Waals surface area contributed by atoms with Crippen molar-refractivity contribution in [1.29, 1.82) is 0 Å². The lowest BCUT2D eigenvalue weighted by atomic mass is 10.1. The van der Waals surface area contributed by atoms with Crippen LogP contribution in [0.4, 0.5) is 17.5 Å². The molecule has 1 aliphatic rings. The highest BCUT2D eigenvalue weighted by atomic mass is 35.5. The average molecular weight is 361 g/mol. The van der Waals surface area contributed by atoms with Crippen LogP contribution in [0.1, 0.15) is 44.1 Å². The van der Waals surface area contributed by atoms with E-state index >= 15 is 0 Å². The molecule has 1 aliphatic carbocycles. The van der Waals surface area contributed by atoms with Crippen molar-refractivity contribution in [3.8, 4) is 5.75 Å². The molecule has 0 amide bonds. The Balaban J connectivity index is 1.74. The summed E-state index contributed by atoms with van der Waals surface area (Å²) in [4.78, 5) is 8.96. The van der Waals surface area contributed by atoms with Crippen LogP contribution in [-0.4, -0.2) is 23.1 Å². The number of nitrogens with one attached hydrogen (secondary N) is 2. The van der Waals surface area contributed by atoms with Crippen LogP contribution in [0.25, 0.3) is 0 Å². The van der Waals surface area contributed by atoms with Crippen LogP contribution < -0.4 is 15.4 Å². The molecule has 0 unspecified atom stereocenters. The quantitative estimate of drug-likeness (QED) is 0.706. The molecule has 2 aromatic rings. The molecule has 1 aromatic carbocycles. The molecule has 0 saturated heterocycles. The molecule has 134 valence electrons. The summed E-state index contributed by atoms with van der Waals surface area (Å²) in [5.74, 6) is 2.08. The number of hydrogen-bond acceptors (Lipinski definition) is 5. The first-order valence-corrected chi connectivity index (χ1v) is 9.24. The van der Waals surface area contributed by atoms with Gasteiger partial charge in [0.25, 0.3) is 0 Å². The van der Waals surface area contributed by atoms with Crippen LogP contribution in [0.3, 0.4) is 0 Å². The third-order valence-corrected chi connectivity index (χ3v) is 4.99. The second-order valence-electron chi connectivity index (χ2n) is 6.52. The van der Waals surface area contributed by atoms with E-state index in [1.807, 2.05) is 25.1 Å². The first kappa shape index (κ1) is 17.8. The molecule has 1 saturated carbocycles. The fourth-order valence-corrected chi connectivity index (χ4v) is 3.33. The molecular formula is C19H25ClN4O. The molecule has 0 bridgehead atoms. The number of hydrogen-bond donors (Lipinski definition) is 2. The van der Waals surface area contributed by atoms with Crippen molar-refractivity contribution in [2.75, 3.05) is 17.7 Å². The second kappa shape index (κ2) is 8.39. The zero-order chi connectivity index (χ0) is 17.6. The summed E-state index contributed by atoms with van der Waals surface area (Å²) >= 11 is 6.17. The molecule has 3 rings (SSSR count). The van der Waals surface area contributed by atoms with Crippen molar-refractivity contribution in [2.45, 2.75) is 51.5 Å². The number of anilines is 3. The Labute approximate surface area is 154 Å². The van der Waals surface area contributed by atoms with E-state index in [0.29, 0.717) is 22.8 Å². The van der Waals surface area contributed by atoms with Gasteiger partial charge in [-0.2, -0.15) is 4.98 Å². The van der Waals surface area contributed by atoms with E-state index in [4.69, 9.17) is 16.3 Å². The van der Waals surface area contributed by atoms with Gasteiger partial charge in [0.05, 0.1) is 12.8 Å². The van der Waals surface area contributed by atoms with Crippen molar-refractivity contribution in [3.05, 3.63) is 35.0 Å². The van der Waals surface area contributed by atoms with Crippen LogP contribution in [0.5, 0.6) is 5.75 Å². The normalized spacial score (nSPS) is 15.5. The molecule has 2 N–H and O–H groups in total. The van der Waals surface area contributed by atoms with E-state index < -0.39 is 0 Å². The lowest BCUT2D eigenvalue weighted by Gasteiger charge is -2.17. The number of ether oxygens (including phenoxy) is 1. The van der Waals surface area contributed by atoms with Crippen molar-refractivity contribution in [1.82, 2.24) is 9.97 Å². The summed E-state index contributed by atoms with van der Waals surface area (Å²) < 4.78 is 5.41. The Kier molecular flexibility index (Phi) is 5.97. The Hall–Kier alpha value is -2.01. The van der Waals surface area contributed by atoms with Crippen LogP contribution in [-0.2, 0) is 0 Å². The zero-order valence-corrected chi connectivity index (χ0v) is 15.6. The van der Waals surface area contributed by atoms with E-state index in [1.54, 1.807) is 13.3 Å². The fraction of sp³-hybridized carbons (Fsp3) is 0.474. The van der Waals surface area contributed by atoms with Gasteiger partial charge in [-0.15, -0.1) is 0 Å². The third kappa shape index (κ3) is 4.75. The molecule has 25 heavy (non-hydrogen) atoms. The second-order valence-corrected chi connectivity index (χ2v) is 6.93. The number of rotatable bonds is 5. The highest BCUT2D eigenvalue weighted by Gasteiger charge is 2.14. The predicted octanol–water partition coefficient (Wildman–Crippen LogP) is 5.33. The third-order valence-electron chi connectivity index (χ3n) is 4.59. The number of methoxy groups -OCH3 is 1. The van der Waals surface area contributed by atoms with Gasteiger partial charge >= 0.3 is 0 Å². The summed E-state index contributed by atoms with van der Waals surface area (Å²) in [5, 5.41) is 7.47. The summed E-state index contributed by atoms with van der Waals surface area (Å²) in [5.41, 5.74) is 1.82. The van der Waals surface area contributed by atoms with Gasteiger partial charge in [0, 0.05) is 23.3 Å². The van der Waals surface area contributed by atoms with Gasteiger partial charge in [-0.05, 0) is 37.5 Å². The predicted molar refractivity (Wildman–Crippen MR) is 103 cm³/mol. The van der Waals surface area contributed by atoms with Crippen LogP contribution in [0.2, 0.25) is 5.02 Å². The Morgan fingerprint density at radius 3 is 2.64 bits per heavy atom. The molecule has 1 fully saturated rings. The SMILES string of the molecule is COc1cc(Cl)c(C)cc1Nc1ccnc(NC2CCCCCC2)n1. The summed E-state index contributed by atoms with van der Waals surface area (Å²) in [6.07, 6.45) is 9.35. The van der Waals surface area contributed by atoms with Gasteiger partial charge in [0.15, 0.2) is 0 Å². The Morgan fingerprint density at radius 2 is 1.92 bits per heavy atom. The molecule has 1 heterocycles. The first-order chi connectivity index (χ1) is 12.2. The van der Waals surface area contributed by atoms with Crippen molar-refractivity contribution >= 4 is 29.1 Å². The van der Waals surface area contributed by atoms with Crippen molar-refractivity contribution in [3.63, 3.8) is 0 Å². The highest BCUT2D eigenvalue weighted by Crippen LogP contribution is 2.32. The molecule has 1 aromatic heterocycles. The Morgan fingerprint density at radius 1 is 1.16 bits per heavy atom. The zero-order valence-electron chi connectivity index (χ0n) is 14.8. The lowest BCUT2D eigenvalue weighted by molar-refractivity contribution is 0.416. The lowest BCUT2D eigenvalue weighted by Crippen LogP contribution is -2.20. The van der Waals surface area contributed by atoms with Crippen LogP contribution in [0.15, 0.2) is 24.4 Å². The van der Waals surface area contributed by atoms with Gasteiger partial charge in [-0.25, -0.2) is 4.98 Å². The molecule has 0 aliphatic heterocycles. The van der Waals surface area contributed by atoms with E-state index in [0.717, 1.165) is 17.1 Å². The number of nitrogens with zero attached hydrogens (tertiary/aromatic N) is 2. The van der Waals surface area contributed by atoms with Gasteiger partial charge in [-0.1, -0.05) is 37.3 Å². The Bertz CT molecular complexity index is 715. The number of halogens is 1. The summed E-state index contributed by atoms with van der Waals surface area (Å²) in [6, 6.07) is 6.08. The highest BCUT2D eigenvalue weighted by molar-refractivity contribution is 6.31. The number of aryl methyl sites for hydroxylation is 1. The molecule has 5 nitrogen and oxygen atoms in total. The van der Waals surface area contributed by atoms with Gasteiger partial charge in [-0.3, -0.25) is 0 Å². The largest absolute Gasteiger partial charge is 0.495 e. The minimum absolute atomic E-state index is 0.463. The van der Waals surface area contributed by atoms with Gasteiger partial charge in [0.1, 0.15) is 11.6 Å². The van der Waals surface area contributed by atoms with Crippen LogP contribution >= 0.6 is 11.6 Å². The van der Waals surface area contributed by atoms with Crippen molar-refractivity contribution < 1.29 is 4.74 Å². The summed E-state index contributed by atoms with van der Waals surface area (Å²) in [6.45, 7) is 1.96. The van der Waals surface area contributed by atoms with E-state index in [9.17, 15) is 0 Å². The minimum atomic E-state index is 0.463. The fourth-order valence-electron chi connectivity index (χ4n) is 3.17. The number of aromatic nitrogens is 2. The molecule has 0 radical (unpaired) electrons. The molecule has 0 atom stereocenters. The maximum absolute atomic E-state index is 6.17. The van der Waals surface area contributed by atoms with E-state index in [-0.39, 0.29) is 0 Å². The maximum Gasteiger partial charge on any atom is 0.224 e. The molecule has 0 spiro atoms. The minimum Gasteiger partial charge on any atom is -0.495 e. The van der Waals surface area contributed by atoms with Crippen LogP contribution in [0, 0.1) is 6.92 Å². The average Bonchev–Trinajstić information content (AvgIpc) is 2.87. The van der Waals surface area contributed by atoms with E-state index in [2.05, 4.69) is 20.6 Å². The summed E-state index contributed by atoms with van der Waals surface area (Å²) in [7, 11) is 1.63. The molecular weight excluding hydrogens is 336 g/mol. The van der Waals surface area contributed by atoms with E-state index in [1.165, 1.54) is 38.5 Å². The monoisotopic (exact) mass is 360 g/mol. The molecule has 6 heteroatoms. The topological polar surface area (TPSA) is 59.1 Å². The standard InChI is InChI=1S/C19H25ClN4O/c1-13-11-16(17(25-2)12-15(13)20)23-18-9-10-21-19(24-18)22-14-7-5-3-4-6-8-14/h9-12,14H,3-8H2,1-2H3,(H2,21,22,23,24). The van der Waals surface area contributed by atoms with Gasteiger partial charge in [0.2, 0.25) is 5.95 Å². The number of benzene rings is 1. The maximum atomic E-state index is 6.17. The van der Waals surface area contributed by atoms with Gasteiger partial charge < -0.3 is 15.4 Å². The first-order valence-electron chi connectivity index (χ1n) is 8.86. The van der Waals surface area contributed by atoms with Crippen molar-refractivity contribution in [2.24, 2.45) is 0 Å². The smallest absolute Gasteiger partial charge is 0.224 e.